The lowest BCUT2D eigenvalue weighted by Gasteiger charge is -2.20. The Morgan fingerprint density at radius 2 is 2.21 bits per heavy atom. The molecule has 0 aromatic carbocycles. The van der Waals surface area contributed by atoms with E-state index < -0.39 is 5.41 Å². The number of carbonyl (C=O) groups excluding carboxylic acids is 2. The van der Waals surface area contributed by atoms with E-state index in [1.807, 2.05) is 0 Å². The molecule has 76 valence electrons. The predicted molar refractivity (Wildman–Crippen MR) is 50.5 cm³/mol. The maximum atomic E-state index is 11.5. The van der Waals surface area contributed by atoms with Crippen LogP contribution in [0.5, 0.6) is 0 Å². The molecule has 1 saturated carbocycles. The number of nitrogens with two attached hydrogens (primary N) is 1. The van der Waals surface area contributed by atoms with Crippen LogP contribution in [-0.4, -0.2) is 23.7 Å². The third kappa shape index (κ3) is 1.33. The Balaban J connectivity index is 2.16. The highest BCUT2D eigenvalue weighted by atomic mass is 16.2. The Bertz CT molecular complexity index is 329. The standard InChI is InChI=1S/C9H13N3O2/c1-5(10)4-6-11-7(13)9(2-3-9)8(14)12-6/h5H,2-4,10H2,1H3,(H,11,12,13,14). The normalized spacial score (nSPS) is 25.7. The molecule has 1 unspecified atom stereocenters. The van der Waals surface area contributed by atoms with Gasteiger partial charge < -0.3 is 11.1 Å². The minimum atomic E-state index is -0.804. The summed E-state index contributed by atoms with van der Waals surface area (Å²) in [6, 6.07) is -0.102. The van der Waals surface area contributed by atoms with E-state index in [4.69, 9.17) is 5.73 Å². The van der Waals surface area contributed by atoms with E-state index in [0.29, 0.717) is 25.1 Å². The summed E-state index contributed by atoms with van der Waals surface area (Å²) < 4.78 is 0. The molecule has 1 spiro atoms. The summed E-state index contributed by atoms with van der Waals surface area (Å²) in [5.41, 5.74) is 4.75. The van der Waals surface area contributed by atoms with E-state index in [1.54, 1.807) is 6.92 Å². The lowest BCUT2D eigenvalue weighted by molar-refractivity contribution is -0.135. The van der Waals surface area contributed by atoms with Crippen LogP contribution in [0.2, 0.25) is 0 Å². The van der Waals surface area contributed by atoms with Crippen LogP contribution in [0.1, 0.15) is 26.2 Å². The van der Waals surface area contributed by atoms with Crippen LogP contribution in [0.15, 0.2) is 4.99 Å². The van der Waals surface area contributed by atoms with Crippen molar-refractivity contribution in [1.82, 2.24) is 5.32 Å². The minimum absolute atomic E-state index is 0.102. The van der Waals surface area contributed by atoms with Gasteiger partial charge in [0.1, 0.15) is 11.3 Å². The number of nitrogens with one attached hydrogen (secondary N) is 1. The van der Waals surface area contributed by atoms with Crippen molar-refractivity contribution in [3.8, 4) is 0 Å². The predicted octanol–water partition coefficient (Wildman–Crippen LogP) is -0.441. The lowest BCUT2D eigenvalue weighted by Crippen LogP contribution is -2.46. The number of nitrogens with zero attached hydrogens (tertiary/aromatic N) is 1. The van der Waals surface area contributed by atoms with Crippen molar-refractivity contribution in [1.29, 1.82) is 0 Å². The number of hydrogen-bond donors (Lipinski definition) is 2. The molecular formula is C9H13N3O2. The SMILES string of the molecule is CC(N)CC1=NC(=O)C2(CC2)C(=O)N1. The van der Waals surface area contributed by atoms with E-state index >= 15 is 0 Å². The zero-order valence-corrected chi connectivity index (χ0v) is 8.04. The molecule has 0 saturated heterocycles. The first-order chi connectivity index (χ1) is 6.54. The molecule has 5 heteroatoms. The van der Waals surface area contributed by atoms with Crippen LogP contribution in [0.4, 0.5) is 0 Å². The van der Waals surface area contributed by atoms with Crippen molar-refractivity contribution >= 4 is 17.6 Å². The molecule has 1 aliphatic carbocycles. The van der Waals surface area contributed by atoms with Crippen molar-refractivity contribution in [2.24, 2.45) is 16.1 Å². The van der Waals surface area contributed by atoms with E-state index in [9.17, 15) is 9.59 Å². The summed E-state index contributed by atoms with van der Waals surface area (Å²) in [6.45, 7) is 1.81. The maximum absolute atomic E-state index is 11.5. The molecular weight excluding hydrogens is 182 g/mol. The van der Waals surface area contributed by atoms with Crippen LogP contribution in [0.3, 0.4) is 0 Å². The molecule has 3 N–H and O–H groups in total. The fraction of sp³-hybridized carbons (Fsp3) is 0.667. The van der Waals surface area contributed by atoms with Gasteiger partial charge in [-0.15, -0.1) is 0 Å². The van der Waals surface area contributed by atoms with Crippen molar-refractivity contribution in [3.63, 3.8) is 0 Å². The average Bonchev–Trinajstić information content (AvgIpc) is 2.79. The average molecular weight is 195 g/mol. The zero-order chi connectivity index (χ0) is 10.3. The van der Waals surface area contributed by atoms with Crippen LogP contribution >= 0.6 is 0 Å². The fourth-order valence-electron chi connectivity index (χ4n) is 1.57. The summed E-state index contributed by atoms with van der Waals surface area (Å²) in [7, 11) is 0. The number of hydrogen-bond acceptors (Lipinski definition) is 3. The summed E-state index contributed by atoms with van der Waals surface area (Å²) in [4.78, 5) is 26.9. The van der Waals surface area contributed by atoms with Gasteiger partial charge in [0.15, 0.2) is 0 Å². The van der Waals surface area contributed by atoms with Gasteiger partial charge in [-0.05, 0) is 19.8 Å². The Morgan fingerprint density at radius 1 is 1.57 bits per heavy atom. The first kappa shape index (κ1) is 9.33. The number of carbonyl (C=O) groups is 2. The quantitative estimate of drug-likeness (QED) is 0.586. The highest BCUT2D eigenvalue weighted by Gasteiger charge is 2.58. The van der Waals surface area contributed by atoms with Gasteiger partial charge in [-0.25, -0.2) is 0 Å². The Labute approximate surface area is 81.8 Å². The van der Waals surface area contributed by atoms with Gasteiger partial charge in [0, 0.05) is 12.5 Å². The molecule has 1 heterocycles. The molecule has 14 heavy (non-hydrogen) atoms. The number of aliphatic imine (C=N–C) groups is 1. The van der Waals surface area contributed by atoms with E-state index in [2.05, 4.69) is 10.3 Å². The van der Waals surface area contributed by atoms with Crippen molar-refractivity contribution in [2.75, 3.05) is 0 Å². The van der Waals surface area contributed by atoms with Gasteiger partial charge in [0.2, 0.25) is 5.91 Å². The van der Waals surface area contributed by atoms with Gasteiger partial charge in [-0.1, -0.05) is 0 Å². The highest BCUT2D eigenvalue weighted by Crippen LogP contribution is 2.48. The van der Waals surface area contributed by atoms with Gasteiger partial charge in [0.05, 0.1) is 0 Å². The third-order valence-electron chi connectivity index (χ3n) is 2.60. The summed E-state index contributed by atoms with van der Waals surface area (Å²) in [6.07, 6.45) is 1.70. The Morgan fingerprint density at radius 3 is 2.64 bits per heavy atom. The van der Waals surface area contributed by atoms with E-state index in [0.717, 1.165) is 0 Å². The minimum Gasteiger partial charge on any atom is -0.328 e. The number of amides is 2. The molecule has 1 aliphatic heterocycles. The van der Waals surface area contributed by atoms with E-state index in [1.165, 1.54) is 0 Å². The second-order valence-corrected chi connectivity index (χ2v) is 4.08. The number of amidine groups is 1. The van der Waals surface area contributed by atoms with Crippen LogP contribution < -0.4 is 11.1 Å². The monoisotopic (exact) mass is 195 g/mol. The molecule has 0 bridgehead atoms. The highest BCUT2D eigenvalue weighted by molar-refractivity contribution is 6.20. The molecule has 0 aromatic rings. The molecule has 2 rings (SSSR count). The Hall–Kier alpha value is -1.23. The van der Waals surface area contributed by atoms with Crippen LogP contribution in [-0.2, 0) is 9.59 Å². The fourth-order valence-corrected chi connectivity index (χ4v) is 1.57. The molecule has 5 nitrogen and oxygen atoms in total. The molecule has 1 fully saturated rings. The second-order valence-electron chi connectivity index (χ2n) is 4.08. The molecule has 2 aliphatic rings. The largest absolute Gasteiger partial charge is 0.328 e. The summed E-state index contributed by atoms with van der Waals surface area (Å²) in [5, 5.41) is 2.64. The third-order valence-corrected chi connectivity index (χ3v) is 2.60. The zero-order valence-electron chi connectivity index (χ0n) is 8.04. The van der Waals surface area contributed by atoms with E-state index in [-0.39, 0.29) is 17.9 Å². The van der Waals surface area contributed by atoms with Gasteiger partial charge >= 0.3 is 0 Å². The smallest absolute Gasteiger partial charge is 0.263 e. The van der Waals surface area contributed by atoms with Crippen molar-refractivity contribution in [3.05, 3.63) is 0 Å². The van der Waals surface area contributed by atoms with Crippen LogP contribution in [0.25, 0.3) is 0 Å². The van der Waals surface area contributed by atoms with Crippen molar-refractivity contribution in [2.45, 2.75) is 32.2 Å². The summed E-state index contributed by atoms with van der Waals surface area (Å²) in [5.74, 6) is -0.0856. The number of rotatable bonds is 2. The first-order valence-electron chi connectivity index (χ1n) is 4.74. The topological polar surface area (TPSA) is 84.5 Å². The van der Waals surface area contributed by atoms with Gasteiger partial charge in [-0.2, -0.15) is 4.99 Å². The van der Waals surface area contributed by atoms with Crippen LogP contribution in [0, 0.1) is 5.41 Å². The first-order valence-corrected chi connectivity index (χ1v) is 4.74. The second kappa shape index (κ2) is 2.88. The van der Waals surface area contributed by atoms with Gasteiger partial charge in [-0.3, -0.25) is 9.59 Å². The van der Waals surface area contributed by atoms with Gasteiger partial charge in [0.25, 0.3) is 5.91 Å². The lowest BCUT2D eigenvalue weighted by atomic mass is 10.0. The molecule has 1 atom stereocenters. The maximum Gasteiger partial charge on any atom is 0.263 e. The Kier molecular flexibility index (Phi) is 1.92. The molecule has 0 aromatic heterocycles. The summed E-state index contributed by atoms with van der Waals surface area (Å²) >= 11 is 0. The van der Waals surface area contributed by atoms with Crippen molar-refractivity contribution < 1.29 is 9.59 Å². The molecule has 2 amide bonds. The molecule has 0 radical (unpaired) electrons.